The first kappa shape index (κ1) is 27.5. The van der Waals surface area contributed by atoms with Gasteiger partial charge in [-0.05, 0) is 26.0 Å². The molecule has 1 aromatic rings. The van der Waals surface area contributed by atoms with Crippen LogP contribution >= 0.6 is 0 Å². The van der Waals surface area contributed by atoms with E-state index in [0.717, 1.165) is 4.31 Å². The first-order valence-electron chi connectivity index (χ1n) is 11.0. The Kier molecular flexibility index (Phi) is 9.36. The van der Waals surface area contributed by atoms with Gasteiger partial charge in [-0.25, -0.2) is 22.5 Å². The van der Waals surface area contributed by atoms with E-state index in [0.29, 0.717) is 11.4 Å². The molecule has 3 N–H and O–H groups in total. The zero-order valence-corrected chi connectivity index (χ0v) is 21.2. The van der Waals surface area contributed by atoms with Crippen LogP contribution in [0.25, 0.3) is 0 Å². The first-order chi connectivity index (χ1) is 15.9. The van der Waals surface area contributed by atoms with E-state index in [4.69, 9.17) is 4.74 Å². The predicted molar refractivity (Wildman–Crippen MR) is 126 cm³/mol. The van der Waals surface area contributed by atoms with Gasteiger partial charge in [-0.1, -0.05) is 19.9 Å². The van der Waals surface area contributed by atoms with E-state index in [2.05, 4.69) is 20.9 Å². The van der Waals surface area contributed by atoms with Crippen molar-refractivity contribution in [3.63, 3.8) is 0 Å². The lowest BCUT2D eigenvalue weighted by Gasteiger charge is -2.31. The molecule has 2 heterocycles. The highest BCUT2D eigenvalue weighted by molar-refractivity contribution is 7.89. The molecule has 1 aliphatic heterocycles. The Hall–Kier alpha value is -2.77. The normalized spacial score (nSPS) is 17.3. The predicted octanol–water partition coefficient (Wildman–Crippen LogP) is -0.337. The molecule has 0 unspecified atom stereocenters. The summed E-state index contributed by atoms with van der Waals surface area (Å²) >= 11 is 0. The Morgan fingerprint density at radius 1 is 1.26 bits per heavy atom. The summed E-state index contributed by atoms with van der Waals surface area (Å²) in [6.07, 6.45) is -0.120. The number of rotatable bonds is 10. The Morgan fingerprint density at radius 3 is 2.53 bits per heavy atom. The molecule has 0 saturated heterocycles. The summed E-state index contributed by atoms with van der Waals surface area (Å²) in [6, 6.07) is 2.11. The Morgan fingerprint density at radius 2 is 1.94 bits per heavy atom. The largest absolute Gasteiger partial charge is 0.425 e. The van der Waals surface area contributed by atoms with Crippen LogP contribution < -0.4 is 20.9 Å². The second kappa shape index (κ2) is 11.6. The number of nitrogens with one attached hydrogen (secondary N) is 3. The van der Waals surface area contributed by atoms with Crippen LogP contribution in [-0.4, -0.2) is 87.4 Å². The molecule has 190 valence electrons. The molecule has 3 atom stereocenters. The van der Waals surface area contributed by atoms with Crippen LogP contribution in [0.1, 0.15) is 26.3 Å². The van der Waals surface area contributed by atoms with Crippen molar-refractivity contribution >= 4 is 33.7 Å². The maximum Gasteiger partial charge on any atom is 0.409 e. The molecule has 2 rings (SSSR count). The average molecular weight is 499 g/mol. The van der Waals surface area contributed by atoms with Crippen molar-refractivity contribution in [1.82, 2.24) is 25.2 Å². The van der Waals surface area contributed by atoms with Crippen LogP contribution in [0.3, 0.4) is 0 Å². The monoisotopic (exact) mass is 498 g/mol. The number of likely N-dealkylation sites (N-methyl/N-ethyl adjacent to an activating group) is 1. The van der Waals surface area contributed by atoms with Crippen LogP contribution in [0, 0.1) is 5.92 Å². The lowest BCUT2D eigenvalue weighted by Crippen LogP contribution is -2.57. The Balaban J connectivity index is 2.18. The molecular weight excluding hydrogens is 464 g/mol. The molecule has 0 spiro atoms. The number of carbonyl (C=O) groups excluding carboxylic acids is 3. The summed E-state index contributed by atoms with van der Waals surface area (Å²) in [5.74, 6) is -1.000. The van der Waals surface area contributed by atoms with Crippen LogP contribution in [0.2, 0.25) is 0 Å². The van der Waals surface area contributed by atoms with Crippen molar-refractivity contribution in [3.05, 3.63) is 23.9 Å². The molecule has 13 heteroatoms. The number of alkyl carbamates (subject to hydrolysis) is 1. The van der Waals surface area contributed by atoms with Gasteiger partial charge in [-0.2, -0.15) is 0 Å². The molecule has 0 fully saturated rings. The fourth-order valence-electron chi connectivity index (χ4n) is 3.27. The third-order valence-corrected chi connectivity index (χ3v) is 7.33. The summed E-state index contributed by atoms with van der Waals surface area (Å²) in [5.41, 5.74) is 0.710. The number of carbonyl (C=O) groups is 3. The molecule has 1 aromatic heterocycles. The van der Waals surface area contributed by atoms with Crippen molar-refractivity contribution in [1.29, 1.82) is 0 Å². The van der Waals surface area contributed by atoms with E-state index < -0.39 is 40.3 Å². The second-order valence-corrected chi connectivity index (χ2v) is 10.8. The highest BCUT2D eigenvalue weighted by atomic mass is 32.2. The molecule has 0 aliphatic carbocycles. The van der Waals surface area contributed by atoms with Gasteiger partial charge in [-0.3, -0.25) is 14.5 Å². The zero-order chi connectivity index (χ0) is 25.6. The minimum atomic E-state index is -3.49. The van der Waals surface area contributed by atoms with Gasteiger partial charge in [0.2, 0.25) is 15.9 Å². The Bertz CT molecular complexity index is 999. The highest BCUT2D eigenvalue weighted by Gasteiger charge is 2.41. The standard InChI is InChI=1S/C21H34N6O6S/c1-13(2)17(25-19(28)14(3)22-4)20(29)27-16(12-15-8-7-9-23-18(15)27)33-21(30)24-10-11-34(31,32)26(5)6/h7-9,13-14,16-17,22H,10-12H2,1-6H3,(H,24,30)(H,25,28)/t14-,16-,17-/m0/s1. The second-order valence-electron chi connectivity index (χ2n) is 8.52. The summed E-state index contributed by atoms with van der Waals surface area (Å²) in [5, 5.41) is 8.00. The molecule has 1 aliphatic rings. The number of hydrogen-bond acceptors (Lipinski definition) is 8. The number of nitrogens with zero attached hydrogens (tertiary/aromatic N) is 3. The number of sulfonamides is 1. The fraction of sp³-hybridized carbons (Fsp3) is 0.619. The first-order valence-corrected chi connectivity index (χ1v) is 12.6. The van der Waals surface area contributed by atoms with Crippen LogP contribution in [0.15, 0.2) is 18.3 Å². The van der Waals surface area contributed by atoms with Crippen molar-refractivity contribution in [2.24, 2.45) is 5.92 Å². The van der Waals surface area contributed by atoms with Gasteiger partial charge in [-0.15, -0.1) is 0 Å². The highest BCUT2D eigenvalue weighted by Crippen LogP contribution is 2.31. The van der Waals surface area contributed by atoms with Gasteiger partial charge in [0.15, 0.2) is 6.23 Å². The molecule has 34 heavy (non-hydrogen) atoms. The number of fused-ring (bicyclic) bond motifs is 1. The minimum Gasteiger partial charge on any atom is -0.425 e. The third-order valence-electron chi connectivity index (χ3n) is 5.50. The molecule has 0 saturated carbocycles. The van der Waals surface area contributed by atoms with Crippen molar-refractivity contribution in [2.45, 2.75) is 45.5 Å². The lowest BCUT2D eigenvalue weighted by atomic mass is 10.0. The minimum absolute atomic E-state index is 0.155. The average Bonchev–Trinajstić information content (AvgIpc) is 3.13. The number of aromatic nitrogens is 1. The van der Waals surface area contributed by atoms with Crippen LogP contribution in [-0.2, 0) is 30.8 Å². The molecule has 3 amide bonds. The topological polar surface area (TPSA) is 150 Å². The summed E-state index contributed by atoms with van der Waals surface area (Å²) in [7, 11) is 0.963. The fourth-order valence-corrected chi connectivity index (χ4v) is 3.99. The van der Waals surface area contributed by atoms with Gasteiger partial charge >= 0.3 is 6.09 Å². The summed E-state index contributed by atoms with van der Waals surface area (Å²) in [6.45, 7) is 5.13. The van der Waals surface area contributed by atoms with Gasteiger partial charge in [0.1, 0.15) is 11.9 Å². The lowest BCUT2D eigenvalue weighted by molar-refractivity contribution is -0.130. The van der Waals surface area contributed by atoms with Gasteiger partial charge in [0.05, 0.1) is 11.8 Å². The third kappa shape index (κ3) is 6.64. The van der Waals surface area contributed by atoms with Crippen molar-refractivity contribution < 1.29 is 27.5 Å². The van der Waals surface area contributed by atoms with Gasteiger partial charge in [0, 0.05) is 38.8 Å². The van der Waals surface area contributed by atoms with Crippen LogP contribution in [0.5, 0.6) is 0 Å². The summed E-state index contributed by atoms with van der Waals surface area (Å²) in [4.78, 5) is 44.0. The number of ether oxygens (including phenoxy) is 1. The molecular formula is C21H34N6O6S. The maximum atomic E-state index is 13.6. The molecule has 0 bridgehead atoms. The smallest absolute Gasteiger partial charge is 0.409 e. The van der Waals surface area contributed by atoms with E-state index in [9.17, 15) is 22.8 Å². The zero-order valence-electron chi connectivity index (χ0n) is 20.4. The van der Waals surface area contributed by atoms with E-state index in [-0.39, 0.29) is 30.5 Å². The number of amides is 3. The molecule has 12 nitrogen and oxygen atoms in total. The van der Waals surface area contributed by atoms with E-state index >= 15 is 0 Å². The van der Waals surface area contributed by atoms with Crippen molar-refractivity contribution in [3.8, 4) is 0 Å². The van der Waals surface area contributed by atoms with Crippen molar-refractivity contribution in [2.75, 3.05) is 38.3 Å². The van der Waals surface area contributed by atoms with E-state index in [1.807, 2.05) is 0 Å². The van der Waals surface area contributed by atoms with Gasteiger partial charge in [0.25, 0.3) is 5.91 Å². The van der Waals surface area contributed by atoms with Gasteiger partial charge < -0.3 is 20.7 Å². The van der Waals surface area contributed by atoms with E-state index in [1.165, 1.54) is 25.2 Å². The Labute approximate surface area is 200 Å². The maximum absolute atomic E-state index is 13.6. The number of anilines is 1. The summed E-state index contributed by atoms with van der Waals surface area (Å²) < 4.78 is 30.3. The number of hydrogen-bond donors (Lipinski definition) is 3. The number of pyridine rings is 1. The SMILES string of the molecule is CN[C@@H](C)C(=O)N[C@H](C(=O)N1c2ncccc2C[C@@H]1OC(=O)NCCS(=O)(=O)N(C)C)C(C)C. The van der Waals surface area contributed by atoms with E-state index in [1.54, 1.807) is 40.0 Å². The quantitative estimate of drug-likeness (QED) is 0.397. The molecule has 0 radical (unpaired) electrons. The van der Waals surface area contributed by atoms with Crippen LogP contribution in [0.4, 0.5) is 10.6 Å². The molecule has 0 aromatic carbocycles.